The highest BCUT2D eigenvalue weighted by atomic mass is 16.2. The average molecular weight is 331 g/mol. The third-order valence-electron chi connectivity index (χ3n) is 3.37. The molecule has 2 aromatic rings. The Balaban J connectivity index is 1.62. The fourth-order valence-corrected chi connectivity index (χ4v) is 2.04. The van der Waals surface area contributed by atoms with Gasteiger partial charge in [0.25, 0.3) is 5.56 Å². The highest BCUT2D eigenvalue weighted by Crippen LogP contribution is 2.03. The van der Waals surface area contributed by atoms with Crippen molar-refractivity contribution < 1.29 is 4.79 Å². The molecule has 1 amide bonds. The van der Waals surface area contributed by atoms with Gasteiger partial charge in [0, 0.05) is 44.5 Å². The Kier molecular flexibility index (Phi) is 6.30. The van der Waals surface area contributed by atoms with Crippen molar-refractivity contribution in [2.24, 2.45) is 0 Å². The highest BCUT2D eigenvalue weighted by Gasteiger charge is 2.03. The second-order valence-electron chi connectivity index (χ2n) is 5.40. The summed E-state index contributed by atoms with van der Waals surface area (Å²) in [7, 11) is 0. The molecule has 8 heteroatoms. The predicted octanol–water partition coefficient (Wildman–Crippen LogP) is 0.249. The number of anilines is 1. The standard InChI is InChI=1S/C16H21N5O3/c1-12-3-4-13(19-11-12)17-7-2-8-18-14(22)5-9-21-10-6-15(23)20-16(21)24/h3-4,6,10-11H,2,5,7-9H2,1H3,(H,17,19)(H,18,22)(H,20,23,24). The third-order valence-corrected chi connectivity index (χ3v) is 3.37. The number of carbonyl (C=O) groups is 1. The number of hydrogen-bond donors (Lipinski definition) is 3. The van der Waals surface area contributed by atoms with Gasteiger partial charge in [0.15, 0.2) is 0 Å². The van der Waals surface area contributed by atoms with Gasteiger partial charge in [-0.1, -0.05) is 6.07 Å². The first-order valence-corrected chi connectivity index (χ1v) is 7.77. The predicted molar refractivity (Wildman–Crippen MR) is 91.0 cm³/mol. The summed E-state index contributed by atoms with van der Waals surface area (Å²) >= 11 is 0. The summed E-state index contributed by atoms with van der Waals surface area (Å²) in [6.45, 7) is 3.45. The lowest BCUT2D eigenvalue weighted by atomic mass is 10.3. The van der Waals surface area contributed by atoms with Gasteiger partial charge in [-0.2, -0.15) is 0 Å². The molecule has 0 radical (unpaired) electrons. The lowest BCUT2D eigenvalue weighted by Crippen LogP contribution is -2.31. The number of amides is 1. The Bertz CT molecular complexity index is 779. The summed E-state index contributed by atoms with van der Waals surface area (Å²) in [5, 5.41) is 5.97. The van der Waals surface area contributed by atoms with Crippen LogP contribution in [0.4, 0.5) is 5.82 Å². The number of nitrogens with one attached hydrogen (secondary N) is 3. The SMILES string of the molecule is Cc1ccc(NCCCNC(=O)CCn2ccc(=O)[nH]c2=O)nc1. The maximum absolute atomic E-state index is 11.7. The molecule has 128 valence electrons. The maximum atomic E-state index is 11.7. The number of pyridine rings is 1. The number of aromatic nitrogens is 3. The van der Waals surface area contributed by atoms with Crippen LogP contribution >= 0.6 is 0 Å². The first kappa shape index (κ1) is 17.5. The minimum absolute atomic E-state index is 0.137. The van der Waals surface area contributed by atoms with Gasteiger partial charge in [-0.15, -0.1) is 0 Å². The summed E-state index contributed by atoms with van der Waals surface area (Å²) < 4.78 is 1.30. The molecule has 2 heterocycles. The Labute approximate surface area is 138 Å². The van der Waals surface area contributed by atoms with E-state index in [1.165, 1.54) is 16.8 Å². The van der Waals surface area contributed by atoms with Crippen molar-refractivity contribution in [3.8, 4) is 0 Å². The number of rotatable bonds is 8. The minimum Gasteiger partial charge on any atom is -0.370 e. The molecule has 0 aliphatic rings. The molecule has 0 bridgehead atoms. The first-order valence-electron chi connectivity index (χ1n) is 7.77. The summed E-state index contributed by atoms with van der Waals surface area (Å²) in [6, 6.07) is 5.15. The van der Waals surface area contributed by atoms with E-state index in [4.69, 9.17) is 0 Å². The van der Waals surface area contributed by atoms with Crippen LogP contribution in [0.3, 0.4) is 0 Å². The number of carbonyl (C=O) groups excluding carboxylic acids is 1. The summed E-state index contributed by atoms with van der Waals surface area (Å²) in [4.78, 5) is 40.5. The van der Waals surface area contributed by atoms with Gasteiger partial charge >= 0.3 is 5.69 Å². The van der Waals surface area contributed by atoms with Crippen molar-refractivity contribution in [3.63, 3.8) is 0 Å². The molecule has 0 atom stereocenters. The van der Waals surface area contributed by atoms with Crippen LogP contribution in [0.25, 0.3) is 0 Å². The molecule has 2 rings (SSSR count). The highest BCUT2D eigenvalue weighted by molar-refractivity contribution is 5.75. The van der Waals surface area contributed by atoms with Gasteiger partial charge in [0.1, 0.15) is 5.82 Å². The van der Waals surface area contributed by atoms with E-state index < -0.39 is 11.2 Å². The van der Waals surface area contributed by atoms with Crippen LogP contribution < -0.4 is 21.9 Å². The lowest BCUT2D eigenvalue weighted by Gasteiger charge is -2.08. The van der Waals surface area contributed by atoms with Crippen LogP contribution in [-0.4, -0.2) is 33.5 Å². The third kappa shape index (κ3) is 5.71. The topological polar surface area (TPSA) is 109 Å². The van der Waals surface area contributed by atoms with E-state index in [0.717, 1.165) is 17.8 Å². The Hall–Kier alpha value is -2.90. The van der Waals surface area contributed by atoms with Gasteiger partial charge in [0.2, 0.25) is 5.91 Å². The Morgan fingerprint density at radius 3 is 2.79 bits per heavy atom. The molecule has 24 heavy (non-hydrogen) atoms. The molecule has 0 fully saturated rings. The van der Waals surface area contributed by atoms with Crippen molar-refractivity contribution in [2.75, 3.05) is 18.4 Å². The number of aromatic amines is 1. The molecule has 3 N–H and O–H groups in total. The fraction of sp³-hybridized carbons (Fsp3) is 0.375. The van der Waals surface area contributed by atoms with Gasteiger partial charge in [0.05, 0.1) is 0 Å². The number of nitrogens with zero attached hydrogens (tertiary/aromatic N) is 2. The zero-order valence-corrected chi connectivity index (χ0v) is 13.5. The molecular weight excluding hydrogens is 310 g/mol. The van der Waals surface area contributed by atoms with Crippen molar-refractivity contribution in [1.82, 2.24) is 19.9 Å². The largest absolute Gasteiger partial charge is 0.370 e. The summed E-state index contributed by atoms with van der Waals surface area (Å²) in [5.74, 6) is 0.672. The second kappa shape index (κ2) is 8.66. The second-order valence-corrected chi connectivity index (χ2v) is 5.40. The molecule has 8 nitrogen and oxygen atoms in total. The van der Waals surface area contributed by atoms with Crippen molar-refractivity contribution in [3.05, 3.63) is 57.0 Å². The van der Waals surface area contributed by atoms with E-state index in [1.54, 1.807) is 6.20 Å². The summed E-state index contributed by atoms with van der Waals surface area (Å²) in [5.41, 5.74) is 0.149. The Morgan fingerprint density at radius 2 is 2.08 bits per heavy atom. The molecule has 2 aromatic heterocycles. The van der Waals surface area contributed by atoms with E-state index in [9.17, 15) is 14.4 Å². The van der Waals surface area contributed by atoms with E-state index >= 15 is 0 Å². The fourth-order valence-electron chi connectivity index (χ4n) is 2.04. The van der Waals surface area contributed by atoms with Crippen molar-refractivity contribution >= 4 is 11.7 Å². The summed E-state index contributed by atoms with van der Waals surface area (Å²) in [6.07, 6.45) is 4.12. The van der Waals surface area contributed by atoms with E-state index in [-0.39, 0.29) is 18.9 Å². The normalized spacial score (nSPS) is 10.4. The molecule has 0 saturated carbocycles. The number of hydrogen-bond acceptors (Lipinski definition) is 5. The van der Waals surface area contributed by atoms with Gasteiger partial charge < -0.3 is 15.2 Å². The van der Waals surface area contributed by atoms with E-state index in [2.05, 4.69) is 20.6 Å². The lowest BCUT2D eigenvalue weighted by molar-refractivity contribution is -0.121. The quantitative estimate of drug-likeness (QED) is 0.601. The molecule has 0 aliphatic heterocycles. The van der Waals surface area contributed by atoms with Gasteiger partial charge in [-0.05, 0) is 25.0 Å². The molecule has 0 aliphatic carbocycles. The van der Waals surface area contributed by atoms with E-state index in [0.29, 0.717) is 13.1 Å². The van der Waals surface area contributed by atoms with Crippen LogP contribution in [0.2, 0.25) is 0 Å². The van der Waals surface area contributed by atoms with E-state index in [1.807, 2.05) is 19.1 Å². The number of aryl methyl sites for hydroxylation is 2. The molecule has 0 aromatic carbocycles. The monoisotopic (exact) mass is 331 g/mol. The van der Waals surface area contributed by atoms with Gasteiger partial charge in [-0.3, -0.25) is 14.6 Å². The Morgan fingerprint density at radius 1 is 1.25 bits per heavy atom. The van der Waals surface area contributed by atoms with Crippen LogP contribution in [0.1, 0.15) is 18.4 Å². The molecular formula is C16H21N5O3. The first-order chi connectivity index (χ1) is 11.5. The maximum Gasteiger partial charge on any atom is 0.328 e. The van der Waals surface area contributed by atoms with Crippen LogP contribution in [0, 0.1) is 6.92 Å². The van der Waals surface area contributed by atoms with Crippen LogP contribution in [0.5, 0.6) is 0 Å². The van der Waals surface area contributed by atoms with Crippen LogP contribution in [-0.2, 0) is 11.3 Å². The van der Waals surface area contributed by atoms with Crippen molar-refractivity contribution in [1.29, 1.82) is 0 Å². The molecule has 0 spiro atoms. The zero-order valence-electron chi connectivity index (χ0n) is 13.5. The van der Waals surface area contributed by atoms with Crippen molar-refractivity contribution in [2.45, 2.75) is 26.3 Å². The smallest absolute Gasteiger partial charge is 0.328 e. The van der Waals surface area contributed by atoms with Crippen LogP contribution in [0.15, 0.2) is 40.2 Å². The minimum atomic E-state index is -0.509. The zero-order chi connectivity index (χ0) is 17.4. The number of H-pyrrole nitrogens is 1. The van der Waals surface area contributed by atoms with Gasteiger partial charge in [-0.25, -0.2) is 9.78 Å². The molecule has 0 saturated heterocycles. The average Bonchev–Trinajstić information content (AvgIpc) is 2.55. The molecule has 0 unspecified atom stereocenters.